The molecule has 16 heavy (non-hydrogen) atoms. The third kappa shape index (κ3) is 2.20. The van der Waals surface area contributed by atoms with E-state index in [4.69, 9.17) is 10.5 Å². The number of aryl methyl sites for hydroxylation is 1. The number of nitro groups is 1. The van der Waals surface area contributed by atoms with Gasteiger partial charge >= 0.3 is 0 Å². The van der Waals surface area contributed by atoms with Gasteiger partial charge in [-0.25, -0.2) is 0 Å². The fourth-order valence-corrected chi connectivity index (χ4v) is 1.60. The van der Waals surface area contributed by atoms with E-state index in [1.54, 1.807) is 13.2 Å². The Balaban J connectivity index is 3.31. The summed E-state index contributed by atoms with van der Waals surface area (Å²) in [6, 6.07) is 4.71. The van der Waals surface area contributed by atoms with Crippen molar-refractivity contribution in [3.63, 3.8) is 0 Å². The van der Waals surface area contributed by atoms with Crippen molar-refractivity contribution < 1.29 is 9.66 Å². The summed E-state index contributed by atoms with van der Waals surface area (Å²) in [5.74, 6) is 0. The molecule has 88 valence electrons. The van der Waals surface area contributed by atoms with E-state index in [0.29, 0.717) is 0 Å². The van der Waals surface area contributed by atoms with Gasteiger partial charge in [-0.05, 0) is 25.0 Å². The molecule has 0 radical (unpaired) electrons. The molecule has 0 aliphatic carbocycles. The highest BCUT2D eigenvalue weighted by Crippen LogP contribution is 2.29. The highest BCUT2D eigenvalue weighted by molar-refractivity contribution is 5.42. The monoisotopic (exact) mass is 224 g/mol. The maximum Gasteiger partial charge on any atom is 0.269 e. The maximum absolute atomic E-state index is 10.7. The van der Waals surface area contributed by atoms with Crippen LogP contribution in [-0.4, -0.2) is 18.6 Å². The minimum atomic E-state index is -0.684. The van der Waals surface area contributed by atoms with Crippen molar-refractivity contribution in [1.82, 2.24) is 0 Å². The van der Waals surface area contributed by atoms with Crippen LogP contribution in [0.15, 0.2) is 18.2 Å². The molecule has 5 heteroatoms. The van der Waals surface area contributed by atoms with Crippen LogP contribution < -0.4 is 5.73 Å². The average molecular weight is 224 g/mol. The first-order valence-electron chi connectivity index (χ1n) is 4.95. The Hall–Kier alpha value is -1.46. The lowest BCUT2D eigenvalue weighted by Gasteiger charge is -2.28. The lowest BCUT2D eigenvalue weighted by Crippen LogP contribution is -2.34. The predicted octanol–water partition coefficient (Wildman–Crippen LogP) is 1.72. The Bertz CT molecular complexity index is 400. The van der Waals surface area contributed by atoms with E-state index in [2.05, 4.69) is 0 Å². The SMILES string of the molecule is COC(C)(CN)c1cc([N+](=O)[O-])ccc1C. The molecular formula is C11H16N2O3. The van der Waals surface area contributed by atoms with E-state index < -0.39 is 10.5 Å². The summed E-state index contributed by atoms with van der Waals surface area (Å²) in [7, 11) is 1.55. The topological polar surface area (TPSA) is 78.4 Å². The number of nitrogens with zero attached hydrogens (tertiary/aromatic N) is 1. The molecule has 0 aromatic heterocycles. The second kappa shape index (κ2) is 4.59. The smallest absolute Gasteiger partial charge is 0.269 e. The van der Waals surface area contributed by atoms with E-state index in [1.165, 1.54) is 12.1 Å². The molecule has 0 heterocycles. The fraction of sp³-hybridized carbons (Fsp3) is 0.455. The lowest BCUT2D eigenvalue weighted by atomic mass is 9.91. The Labute approximate surface area is 94.4 Å². The zero-order chi connectivity index (χ0) is 12.3. The summed E-state index contributed by atoms with van der Waals surface area (Å²) in [6.07, 6.45) is 0. The van der Waals surface area contributed by atoms with Crippen LogP contribution in [0.2, 0.25) is 0 Å². The van der Waals surface area contributed by atoms with Crippen LogP contribution in [0, 0.1) is 17.0 Å². The molecule has 0 saturated carbocycles. The summed E-state index contributed by atoms with van der Waals surface area (Å²) in [6.45, 7) is 3.97. The van der Waals surface area contributed by atoms with Gasteiger partial charge in [0.15, 0.2) is 0 Å². The third-order valence-corrected chi connectivity index (χ3v) is 2.84. The van der Waals surface area contributed by atoms with Gasteiger partial charge in [0, 0.05) is 25.8 Å². The zero-order valence-corrected chi connectivity index (χ0v) is 9.69. The van der Waals surface area contributed by atoms with Crippen molar-refractivity contribution in [2.45, 2.75) is 19.4 Å². The standard InChI is InChI=1S/C11H16N2O3/c1-8-4-5-9(13(14)15)6-10(8)11(2,7-12)16-3/h4-6H,7,12H2,1-3H3. The molecule has 0 bridgehead atoms. The molecular weight excluding hydrogens is 208 g/mol. The molecule has 0 aliphatic rings. The van der Waals surface area contributed by atoms with Crippen molar-refractivity contribution in [1.29, 1.82) is 0 Å². The molecule has 2 N–H and O–H groups in total. The molecule has 1 rings (SSSR count). The largest absolute Gasteiger partial charge is 0.372 e. The zero-order valence-electron chi connectivity index (χ0n) is 9.69. The molecule has 0 aliphatic heterocycles. The van der Waals surface area contributed by atoms with Crippen LogP contribution in [0.4, 0.5) is 5.69 Å². The predicted molar refractivity (Wildman–Crippen MR) is 61.2 cm³/mol. The molecule has 1 aromatic carbocycles. The molecule has 0 fully saturated rings. The van der Waals surface area contributed by atoms with Gasteiger partial charge < -0.3 is 10.5 Å². The number of nitrogens with two attached hydrogens (primary N) is 1. The molecule has 1 aromatic rings. The molecule has 1 unspecified atom stereocenters. The third-order valence-electron chi connectivity index (χ3n) is 2.84. The van der Waals surface area contributed by atoms with E-state index in [1.807, 2.05) is 13.8 Å². The number of ether oxygens (including phenoxy) is 1. The minimum Gasteiger partial charge on any atom is -0.372 e. The number of benzene rings is 1. The van der Waals surface area contributed by atoms with Crippen molar-refractivity contribution in [3.8, 4) is 0 Å². The van der Waals surface area contributed by atoms with Gasteiger partial charge in [-0.15, -0.1) is 0 Å². The number of methoxy groups -OCH3 is 1. The van der Waals surface area contributed by atoms with Crippen molar-refractivity contribution in [2.24, 2.45) is 5.73 Å². The van der Waals surface area contributed by atoms with Gasteiger partial charge in [-0.1, -0.05) is 6.07 Å². The first-order valence-corrected chi connectivity index (χ1v) is 4.95. The van der Waals surface area contributed by atoms with Gasteiger partial charge in [0.1, 0.15) is 5.60 Å². The Morgan fingerprint density at radius 1 is 1.56 bits per heavy atom. The molecule has 0 amide bonds. The second-order valence-electron chi connectivity index (χ2n) is 3.90. The Morgan fingerprint density at radius 2 is 2.19 bits per heavy atom. The van der Waals surface area contributed by atoms with Crippen molar-refractivity contribution >= 4 is 5.69 Å². The lowest BCUT2D eigenvalue weighted by molar-refractivity contribution is -0.385. The molecule has 5 nitrogen and oxygen atoms in total. The summed E-state index contributed by atoms with van der Waals surface area (Å²) in [4.78, 5) is 10.3. The summed E-state index contributed by atoms with van der Waals surface area (Å²) in [5, 5.41) is 10.7. The van der Waals surface area contributed by atoms with E-state index >= 15 is 0 Å². The van der Waals surface area contributed by atoms with Gasteiger partial charge in [0.05, 0.1) is 4.92 Å². The van der Waals surface area contributed by atoms with Gasteiger partial charge in [-0.3, -0.25) is 10.1 Å². The van der Waals surface area contributed by atoms with Gasteiger partial charge in [-0.2, -0.15) is 0 Å². The first kappa shape index (κ1) is 12.6. The maximum atomic E-state index is 10.7. The summed E-state index contributed by atoms with van der Waals surface area (Å²) < 4.78 is 5.34. The highest BCUT2D eigenvalue weighted by Gasteiger charge is 2.27. The average Bonchev–Trinajstić information content (AvgIpc) is 2.28. The van der Waals surface area contributed by atoms with Gasteiger partial charge in [0.2, 0.25) is 0 Å². The van der Waals surface area contributed by atoms with Crippen molar-refractivity contribution in [2.75, 3.05) is 13.7 Å². The van der Waals surface area contributed by atoms with Crippen LogP contribution >= 0.6 is 0 Å². The quantitative estimate of drug-likeness (QED) is 0.624. The molecule has 1 atom stereocenters. The summed E-state index contributed by atoms with van der Waals surface area (Å²) >= 11 is 0. The van der Waals surface area contributed by atoms with Crippen LogP contribution in [0.25, 0.3) is 0 Å². The van der Waals surface area contributed by atoms with Crippen LogP contribution in [0.5, 0.6) is 0 Å². The minimum absolute atomic E-state index is 0.0531. The van der Waals surface area contributed by atoms with Crippen LogP contribution in [-0.2, 0) is 10.3 Å². The summed E-state index contributed by atoms with van der Waals surface area (Å²) in [5.41, 5.74) is 6.71. The van der Waals surface area contributed by atoms with E-state index in [9.17, 15) is 10.1 Å². The molecule has 0 saturated heterocycles. The van der Waals surface area contributed by atoms with Gasteiger partial charge in [0.25, 0.3) is 5.69 Å². The number of hydrogen-bond acceptors (Lipinski definition) is 4. The normalized spacial score (nSPS) is 14.5. The number of non-ortho nitro benzene ring substituents is 1. The van der Waals surface area contributed by atoms with Crippen molar-refractivity contribution in [3.05, 3.63) is 39.4 Å². The van der Waals surface area contributed by atoms with Crippen LogP contribution in [0.3, 0.4) is 0 Å². The highest BCUT2D eigenvalue weighted by atomic mass is 16.6. The number of hydrogen-bond donors (Lipinski definition) is 1. The Morgan fingerprint density at radius 3 is 2.62 bits per heavy atom. The Kier molecular flexibility index (Phi) is 3.62. The van der Waals surface area contributed by atoms with E-state index in [-0.39, 0.29) is 12.2 Å². The van der Waals surface area contributed by atoms with Crippen LogP contribution in [0.1, 0.15) is 18.1 Å². The van der Waals surface area contributed by atoms with E-state index in [0.717, 1.165) is 11.1 Å². The first-order chi connectivity index (χ1) is 7.44. The fourth-order valence-electron chi connectivity index (χ4n) is 1.60. The molecule has 0 spiro atoms. The number of rotatable bonds is 4. The number of nitro benzene ring substituents is 1. The second-order valence-corrected chi connectivity index (χ2v) is 3.90.